The number of anilines is 1. The molecule has 1 atom stereocenters. The number of sulfonamides is 1. The molecule has 31 heavy (non-hydrogen) atoms. The number of aryl methyl sites for hydroxylation is 1. The third-order valence-electron chi connectivity index (χ3n) is 5.32. The summed E-state index contributed by atoms with van der Waals surface area (Å²) in [6.07, 6.45) is 4.90. The van der Waals surface area contributed by atoms with Gasteiger partial charge in [-0.1, -0.05) is 17.7 Å². The average Bonchev–Trinajstić information content (AvgIpc) is 3.16. The number of fused-ring (bicyclic) bond motifs is 1. The molecule has 3 heterocycles. The van der Waals surface area contributed by atoms with Crippen LogP contribution in [0, 0.1) is 5.92 Å². The molecule has 1 aromatic carbocycles. The van der Waals surface area contributed by atoms with Crippen molar-refractivity contribution >= 4 is 44.4 Å². The lowest BCUT2D eigenvalue weighted by molar-refractivity contribution is -0.120. The van der Waals surface area contributed by atoms with Crippen molar-refractivity contribution in [2.24, 2.45) is 11.1 Å². The van der Waals surface area contributed by atoms with Gasteiger partial charge < -0.3 is 15.2 Å². The molecule has 0 spiro atoms. The number of primary sulfonamides is 1. The number of nitrogens with one attached hydrogen (secondary N) is 2. The van der Waals surface area contributed by atoms with Crippen LogP contribution in [0.4, 0.5) is 5.82 Å². The summed E-state index contributed by atoms with van der Waals surface area (Å²) < 4.78 is 24.4. The van der Waals surface area contributed by atoms with Crippen molar-refractivity contribution in [2.75, 3.05) is 24.2 Å². The Balaban J connectivity index is 1.61. The lowest BCUT2D eigenvalue weighted by Gasteiger charge is -2.21. The van der Waals surface area contributed by atoms with Crippen molar-refractivity contribution in [3.8, 4) is 11.1 Å². The molecule has 4 N–H and O–H groups in total. The number of aromatic nitrogens is 3. The minimum absolute atomic E-state index is 0.0653. The highest BCUT2D eigenvalue weighted by Crippen LogP contribution is 2.31. The van der Waals surface area contributed by atoms with E-state index in [0.29, 0.717) is 22.9 Å². The fourth-order valence-electron chi connectivity index (χ4n) is 3.66. The lowest BCUT2D eigenvalue weighted by Crippen LogP contribution is -2.37. The molecule has 0 bridgehead atoms. The molecule has 1 aliphatic heterocycles. The highest BCUT2D eigenvalue weighted by molar-refractivity contribution is 7.89. The molecule has 3 aromatic rings. The summed E-state index contributed by atoms with van der Waals surface area (Å²) in [6, 6.07) is 7.32. The molecule has 2 aromatic heterocycles. The summed E-state index contributed by atoms with van der Waals surface area (Å²) in [7, 11) is -3.59. The molecular weight excluding hydrogens is 440 g/mol. The fraction of sp³-hybridized carbons (Fsp3) is 0.350. The Bertz CT molecular complexity index is 1220. The van der Waals surface area contributed by atoms with E-state index in [9.17, 15) is 13.2 Å². The Morgan fingerprint density at radius 2 is 2.16 bits per heavy atom. The number of piperidine rings is 1. The van der Waals surface area contributed by atoms with Crippen molar-refractivity contribution in [1.82, 2.24) is 19.9 Å². The third kappa shape index (κ3) is 5.21. The van der Waals surface area contributed by atoms with Gasteiger partial charge >= 0.3 is 0 Å². The zero-order valence-corrected chi connectivity index (χ0v) is 18.3. The first-order valence-electron chi connectivity index (χ1n) is 9.93. The Kier molecular flexibility index (Phi) is 6.24. The van der Waals surface area contributed by atoms with Crippen molar-refractivity contribution in [2.45, 2.75) is 19.4 Å². The molecule has 0 radical (unpaired) electrons. The van der Waals surface area contributed by atoms with E-state index in [1.165, 1.54) is 6.20 Å². The SMILES string of the molecule is NS(=O)(=O)CCn1cnc2ccc(-c3cc(NC(=O)C4CCCNC4)ncc3Cl)cc21. The number of benzene rings is 1. The predicted octanol–water partition coefficient (Wildman–Crippen LogP) is 1.98. The molecule has 1 amide bonds. The van der Waals surface area contributed by atoms with Crippen LogP contribution >= 0.6 is 11.6 Å². The van der Waals surface area contributed by atoms with Gasteiger partial charge in [0.2, 0.25) is 15.9 Å². The van der Waals surface area contributed by atoms with Gasteiger partial charge in [-0.2, -0.15) is 0 Å². The number of carbonyl (C=O) groups is 1. The van der Waals surface area contributed by atoms with E-state index < -0.39 is 10.0 Å². The first-order valence-corrected chi connectivity index (χ1v) is 12.0. The normalized spacial score (nSPS) is 17.0. The van der Waals surface area contributed by atoms with Crippen LogP contribution in [-0.4, -0.2) is 47.7 Å². The molecule has 1 saturated heterocycles. The Labute approximate surface area is 185 Å². The van der Waals surface area contributed by atoms with Gasteiger partial charge in [0, 0.05) is 24.8 Å². The average molecular weight is 463 g/mol. The van der Waals surface area contributed by atoms with Gasteiger partial charge in [-0.15, -0.1) is 0 Å². The second-order valence-corrected chi connectivity index (χ2v) is 9.73. The molecule has 4 rings (SSSR count). The smallest absolute Gasteiger partial charge is 0.229 e. The first-order chi connectivity index (χ1) is 14.8. The zero-order valence-electron chi connectivity index (χ0n) is 16.7. The Hall–Kier alpha value is -2.53. The molecule has 1 fully saturated rings. The molecule has 9 nitrogen and oxygen atoms in total. The van der Waals surface area contributed by atoms with Gasteiger partial charge in [0.1, 0.15) is 5.82 Å². The summed E-state index contributed by atoms with van der Waals surface area (Å²) in [5, 5.41) is 11.7. The number of nitrogens with zero attached hydrogens (tertiary/aromatic N) is 3. The highest BCUT2D eigenvalue weighted by atomic mass is 35.5. The highest BCUT2D eigenvalue weighted by Gasteiger charge is 2.21. The first kappa shape index (κ1) is 21.7. The third-order valence-corrected chi connectivity index (χ3v) is 6.38. The fourth-order valence-corrected chi connectivity index (χ4v) is 4.32. The van der Waals surface area contributed by atoms with E-state index in [2.05, 4.69) is 20.6 Å². The maximum absolute atomic E-state index is 12.5. The van der Waals surface area contributed by atoms with Crippen LogP contribution in [0.2, 0.25) is 5.02 Å². The van der Waals surface area contributed by atoms with Crippen LogP contribution in [0.5, 0.6) is 0 Å². The maximum Gasteiger partial charge on any atom is 0.229 e. The van der Waals surface area contributed by atoms with Crippen molar-refractivity contribution in [3.05, 3.63) is 41.8 Å². The summed E-state index contributed by atoms with van der Waals surface area (Å²) in [5.74, 6) is 0.0896. The maximum atomic E-state index is 12.5. The van der Waals surface area contributed by atoms with Crippen molar-refractivity contribution in [3.63, 3.8) is 0 Å². The monoisotopic (exact) mass is 462 g/mol. The van der Waals surface area contributed by atoms with E-state index in [1.54, 1.807) is 17.0 Å². The van der Waals surface area contributed by atoms with E-state index >= 15 is 0 Å². The number of amides is 1. The summed E-state index contributed by atoms with van der Waals surface area (Å²) in [4.78, 5) is 21.1. The number of pyridine rings is 1. The number of rotatable bonds is 6. The molecule has 1 unspecified atom stereocenters. The standard InChI is InChI=1S/C20H23ClN6O3S/c21-16-11-24-19(26-20(28)14-2-1-5-23-10-14)9-15(16)13-3-4-17-18(8-13)27(12-25-17)6-7-31(22,29)30/h3-4,8-9,11-12,14,23H,1-2,5-7,10H2,(H2,22,29,30)(H,24,26,28). The molecule has 0 aliphatic carbocycles. The van der Waals surface area contributed by atoms with Crippen LogP contribution in [0.25, 0.3) is 22.2 Å². The minimum atomic E-state index is -3.59. The summed E-state index contributed by atoms with van der Waals surface area (Å²) >= 11 is 6.40. The number of hydrogen-bond acceptors (Lipinski definition) is 6. The molecular formula is C20H23ClN6O3S. The topological polar surface area (TPSA) is 132 Å². The Morgan fingerprint density at radius 3 is 2.90 bits per heavy atom. The van der Waals surface area contributed by atoms with E-state index in [-0.39, 0.29) is 24.1 Å². The largest absolute Gasteiger partial charge is 0.329 e. The quantitative estimate of drug-likeness (QED) is 0.513. The molecule has 11 heteroatoms. The van der Waals surface area contributed by atoms with Gasteiger partial charge in [0.05, 0.1) is 34.1 Å². The number of nitrogens with two attached hydrogens (primary N) is 1. The van der Waals surface area contributed by atoms with Crippen LogP contribution in [0.3, 0.4) is 0 Å². The summed E-state index contributed by atoms with van der Waals surface area (Å²) in [5.41, 5.74) is 2.98. The number of halogens is 1. The summed E-state index contributed by atoms with van der Waals surface area (Å²) in [6.45, 7) is 1.79. The van der Waals surface area contributed by atoms with Gasteiger partial charge in [0.25, 0.3) is 0 Å². The number of imidazole rings is 1. The second kappa shape index (κ2) is 8.91. The van der Waals surface area contributed by atoms with Gasteiger partial charge in [-0.3, -0.25) is 4.79 Å². The minimum Gasteiger partial charge on any atom is -0.329 e. The van der Waals surface area contributed by atoms with Crippen LogP contribution in [-0.2, 0) is 21.4 Å². The van der Waals surface area contributed by atoms with Gasteiger partial charge in [0.15, 0.2) is 0 Å². The van der Waals surface area contributed by atoms with Crippen molar-refractivity contribution in [1.29, 1.82) is 0 Å². The van der Waals surface area contributed by atoms with E-state index in [0.717, 1.165) is 36.0 Å². The lowest BCUT2D eigenvalue weighted by atomic mass is 9.99. The van der Waals surface area contributed by atoms with Crippen LogP contribution < -0.4 is 15.8 Å². The predicted molar refractivity (Wildman–Crippen MR) is 120 cm³/mol. The van der Waals surface area contributed by atoms with E-state index in [4.69, 9.17) is 16.7 Å². The Morgan fingerprint density at radius 1 is 1.32 bits per heavy atom. The van der Waals surface area contributed by atoms with Gasteiger partial charge in [-0.05, 0) is 43.1 Å². The van der Waals surface area contributed by atoms with E-state index in [1.807, 2.05) is 18.2 Å². The number of carbonyl (C=O) groups excluding carboxylic acids is 1. The van der Waals surface area contributed by atoms with Crippen LogP contribution in [0.1, 0.15) is 12.8 Å². The van der Waals surface area contributed by atoms with Crippen molar-refractivity contribution < 1.29 is 13.2 Å². The molecule has 1 aliphatic rings. The molecule has 164 valence electrons. The molecule has 0 saturated carbocycles. The van der Waals surface area contributed by atoms with Crippen LogP contribution in [0.15, 0.2) is 36.8 Å². The number of hydrogen-bond donors (Lipinski definition) is 3. The second-order valence-electron chi connectivity index (χ2n) is 7.59. The van der Waals surface area contributed by atoms with Gasteiger partial charge in [-0.25, -0.2) is 23.5 Å². The zero-order chi connectivity index (χ0) is 22.0.